The number of hydrogen-bond donors (Lipinski definition) is 1. The minimum atomic E-state index is -0.114. The second-order valence-corrected chi connectivity index (χ2v) is 4.51. The lowest BCUT2D eigenvalue weighted by molar-refractivity contribution is 0.0692. The molecule has 18 heavy (non-hydrogen) atoms. The van der Waals surface area contributed by atoms with E-state index >= 15 is 0 Å². The van der Waals surface area contributed by atoms with Crippen LogP contribution in [0.1, 0.15) is 23.3 Å². The third-order valence-electron chi connectivity index (χ3n) is 2.99. The van der Waals surface area contributed by atoms with Crippen molar-refractivity contribution >= 4 is 29.9 Å². The largest absolute Gasteiger partial charge is 0.336 e. The highest BCUT2D eigenvalue weighted by atomic mass is 35.5. The molecule has 0 saturated carbocycles. The summed E-state index contributed by atoms with van der Waals surface area (Å²) in [6.07, 6.45) is 4.89. The predicted molar refractivity (Wildman–Crippen MR) is 72.3 cm³/mol. The number of carbonyl (C=O) groups excluding carboxylic acids is 1. The van der Waals surface area contributed by atoms with Crippen LogP contribution in [-0.4, -0.2) is 47.0 Å². The molecule has 1 saturated heterocycles. The molecule has 1 aromatic heterocycles. The number of rotatable bonds is 2. The van der Waals surface area contributed by atoms with Crippen LogP contribution in [0.25, 0.3) is 0 Å². The van der Waals surface area contributed by atoms with Crippen LogP contribution in [0.15, 0.2) is 12.5 Å². The number of piperidine rings is 1. The number of carbonyl (C=O) groups is 1. The fraction of sp³-hybridized carbons (Fsp3) is 0.545. The van der Waals surface area contributed by atoms with Gasteiger partial charge in [0.2, 0.25) is 0 Å². The van der Waals surface area contributed by atoms with Crippen LogP contribution in [0.4, 0.5) is 0 Å². The Labute approximate surface area is 117 Å². The van der Waals surface area contributed by atoms with Crippen molar-refractivity contribution in [2.75, 3.05) is 20.1 Å². The van der Waals surface area contributed by atoms with E-state index in [2.05, 4.69) is 15.3 Å². The molecule has 2 rings (SSSR count). The van der Waals surface area contributed by atoms with Crippen LogP contribution < -0.4 is 5.32 Å². The first-order chi connectivity index (χ1) is 8.22. The molecule has 0 spiro atoms. The Morgan fingerprint density at radius 1 is 1.61 bits per heavy atom. The highest BCUT2D eigenvalue weighted by molar-refractivity contribution is 6.33. The Bertz CT molecular complexity index is 416. The van der Waals surface area contributed by atoms with Crippen molar-refractivity contribution in [2.24, 2.45) is 0 Å². The Morgan fingerprint density at radius 3 is 3.06 bits per heavy atom. The first kappa shape index (κ1) is 15.1. The van der Waals surface area contributed by atoms with Crippen molar-refractivity contribution in [3.63, 3.8) is 0 Å². The van der Waals surface area contributed by atoms with Gasteiger partial charge in [-0.1, -0.05) is 11.6 Å². The SMILES string of the molecule is CNC1CCCN(C(=O)c2ncncc2Cl)C1.Cl. The van der Waals surface area contributed by atoms with Gasteiger partial charge in [0, 0.05) is 25.3 Å². The minimum absolute atomic E-state index is 0. The van der Waals surface area contributed by atoms with Gasteiger partial charge in [0.25, 0.3) is 5.91 Å². The topological polar surface area (TPSA) is 58.1 Å². The molecule has 100 valence electrons. The summed E-state index contributed by atoms with van der Waals surface area (Å²) in [7, 11) is 1.91. The zero-order valence-electron chi connectivity index (χ0n) is 10.1. The van der Waals surface area contributed by atoms with Gasteiger partial charge in [-0.2, -0.15) is 0 Å². The smallest absolute Gasteiger partial charge is 0.274 e. The van der Waals surface area contributed by atoms with Crippen molar-refractivity contribution in [1.82, 2.24) is 20.2 Å². The summed E-state index contributed by atoms with van der Waals surface area (Å²) in [4.78, 5) is 21.7. The Kier molecular flexibility index (Phi) is 5.78. The molecule has 1 N–H and O–H groups in total. The van der Waals surface area contributed by atoms with Gasteiger partial charge < -0.3 is 10.2 Å². The number of likely N-dealkylation sites (tertiary alicyclic amines) is 1. The lowest BCUT2D eigenvalue weighted by atomic mass is 10.1. The highest BCUT2D eigenvalue weighted by Gasteiger charge is 2.25. The molecule has 1 aliphatic rings. The highest BCUT2D eigenvalue weighted by Crippen LogP contribution is 2.17. The van der Waals surface area contributed by atoms with Crippen LogP contribution in [0, 0.1) is 0 Å². The first-order valence-electron chi connectivity index (χ1n) is 5.64. The second kappa shape index (κ2) is 6.87. The molecule has 1 amide bonds. The number of nitrogens with zero attached hydrogens (tertiary/aromatic N) is 3. The lowest BCUT2D eigenvalue weighted by Gasteiger charge is -2.32. The zero-order chi connectivity index (χ0) is 12.3. The number of amides is 1. The molecule has 1 unspecified atom stereocenters. The molecule has 2 heterocycles. The second-order valence-electron chi connectivity index (χ2n) is 4.10. The molecule has 5 nitrogen and oxygen atoms in total. The minimum Gasteiger partial charge on any atom is -0.336 e. The van der Waals surface area contributed by atoms with Gasteiger partial charge in [0.15, 0.2) is 0 Å². The molecule has 7 heteroatoms. The van der Waals surface area contributed by atoms with Crippen molar-refractivity contribution in [3.05, 3.63) is 23.2 Å². The predicted octanol–water partition coefficient (Wildman–Crippen LogP) is 1.38. The third-order valence-corrected chi connectivity index (χ3v) is 3.26. The van der Waals surface area contributed by atoms with Gasteiger partial charge in [0.05, 0.1) is 5.02 Å². The molecule has 1 aromatic rings. The van der Waals surface area contributed by atoms with Gasteiger partial charge in [-0.05, 0) is 19.9 Å². The molecule has 1 fully saturated rings. The van der Waals surface area contributed by atoms with E-state index in [0.29, 0.717) is 23.3 Å². The van der Waals surface area contributed by atoms with Gasteiger partial charge in [0.1, 0.15) is 12.0 Å². The molecule has 0 aliphatic carbocycles. The molecule has 0 bridgehead atoms. The van der Waals surface area contributed by atoms with Crippen LogP contribution in [0.2, 0.25) is 5.02 Å². The number of hydrogen-bond acceptors (Lipinski definition) is 4. The number of likely N-dealkylation sites (N-methyl/N-ethyl adjacent to an activating group) is 1. The van der Waals surface area contributed by atoms with Crippen molar-refractivity contribution < 1.29 is 4.79 Å². The van der Waals surface area contributed by atoms with E-state index in [0.717, 1.165) is 19.4 Å². The summed E-state index contributed by atoms with van der Waals surface area (Å²) in [5.41, 5.74) is 0.290. The zero-order valence-corrected chi connectivity index (χ0v) is 11.7. The van der Waals surface area contributed by atoms with Crippen LogP contribution in [-0.2, 0) is 0 Å². The average Bonchev–Trinajstić information content (AvgIpc) is 2.38. The fourth-order valence-electron chi connectivity index (χ4n) is 2.02. The lowest BCUT2D eigenvalue weighted by Crippen LogP contribution is -2.47. The Hall–Kier alpha value is -0.910. The van der Waals surface area contributed by atoms with Crippen molar-refractivity contribution in [1.29, 1.82) is 0 Å². The van der Waals surface area contributed by atoms with E-state index in [1.54, 1.807) is 4.90 Å². The van der Waals surface area contributed by atoms with E-state index in [9.17, 15) is 4.79 Å². The average molecular weight is 291 g/mol. The third kappa shape index (κ3) is 3.31. The maximum absolute atomic E-state index is 12.2. The fourth-order valence-corrected chi connectivity index (χ4v) is 2.20. The monoisotopic (exact) mass is 290 g/mol. The van der Waals surface area contributed by atoms with Gasteiger partial charge in [-0.15, -0.1) is 12.4 Å². The first-order valence-corrected chi connectivity index (χ1v) is 6.02. The summed E-state index contributed by atoms with van der Waals surface area (Å²) in [5.74, 6) is -0.114. The van der Waals surface area contributed by atoms with Gasteiger partial charge in [-0.25, -0.2) is 9.97 Å². The van der Waals surface area contributed by atoms with E-state index in [-0.39, 0.29) is 18.3 Å². The summed E-state index contributed by atoms with van der Waals surface area (Å²) in [5, 5.41) is 3.50. The maximum atomic E-state index is 12.2. The van der Waals surface area contributed by atoms with Gasteiger partial charge >= 0.3 is 0 Å². The van der Waals surface area contributed by atoms with Crippen LogP contribution >= 0.6 is 24.0 Å². The van der Waals surface area contributed by atoms with Crippen LogP contribution in [0.3, 0.4) is 0 Å². The summed E-state index contributed by atoms with van der Waals surface area (Å²) < 4.78 is 0. The molecular formula is C11H16Cl2N4O. The maximum Gasteiger partial charge on any atom is 0.274 e. The van der Waals surface area contributed by atoms with Crippen molar-refractivity contribution in [3.8, 4) is 0 Å². The molecule has 1 atom stereocenters. The van der Waals surface area contributed by atoms with E-state index in [1.165, 1.54) is 12.5 Å². The van der Waals surface area contributed by atoms with Gasteiger partial charge in [-0.3, -0.25) is 4.79 Å². The Morgan fingerprint density at radius 2 is 2.39 bits per heavy atom. The normalized spacial score (nSPS) is 19.2. The Balaban J connectivity index is 0.00000162. The standard InChI is InChI=1S/C11H15ClN4O.ClH/c1-13-8-3-2-4-16(6-8)11(17)10-9(12)5-14-7-15-10;/h5,7-8,13H,2-4,6H2,1H3;1H. The summed E-state index contributed by atoms with van der Waals surface area (Å²) in [6.45, 7) is 1.47. The summed E-state index contributed by atoms with van der Waals surface area (Å²) in [6, 6.07) is 0.355. The quantitative estimate of drug-likeness (QED) is 0.894. The number of halogens is 2. The molecule has 0 aromatic carbocycles. The number of nitrogens with one attached hydrogen (secondary N) is 1. The molecule has 0 radical (unpaired) electrons. The number of aromatic nitrogens is 2. The molecular weight excluding hydrogens is 275 g/mol. The van der Waals surface area contributed by atoms with E-state index in [1.807, 2.05) is 7.05 Å². The van der Waals surface area contributed by atoms with Crippen LogP contribution in [0.5, 0.6) is 0 Å². The summed E-state index contributed by atoms with van der Waals surface area (Å²) >= 11 is 5.92. The van der Waals surface area contributed by atoms with E-state index in [4.69, 9.17) is 11.6 Å². The van der Waals surface area contributed by atoms with E-state index < -0.39 is 0 Å². The van der Waals surface area contributed by atoms with Crippen molar-refractivity contribution in [2.45, 2.75) is 18.9 Å². The molecule has 1 aliphatic heterocycles.